The minimum absolute atomic E-state index is 0.00849. The predicted octanol–water partition coefficient (Wildman–Crippen LogP) is 2.84. The molecule has 0 bridgehead atoms. The average Bonchev–Trinajstić information content (AvgIpc) is 2.83. The quantitative estimate of drug-likeness (QED) is 0.588. The molecule has 0 radical (unpaired) electrons. The Morgan fingerprint density at radius 3 is 2.76 bits per heavy atom. The molecule has 1 heterocycles. The Balaban J connectivity index is 2.05. The number of hydrogen-bond acceptors (Lipinski definition) is 4. The van der Waals surface area contributed by atoms with Gasteiger partial charge in [-0.15, -0.1) is 11.3 Å². The van der Waals surface area contributed by atoms with Gasteiger partial charge in [0.2, 0.25) is 0 Å². The van der Waals surface area contributed by atoms with Gasteiger partial charge in [-0.05, 0) is 38.1 Å². The highest BCUT2D eigenvalue weighted by atomic mass is 32.1. The number of aryl methyl sites for hydroxylation is 1. The molecule has 21 heavy (non-hydrogen) atoms. The molecule has 112 valence electrons. The van der Waals surface area contributed by atoms with E-state index in [2.05, 4.69) is 22.9 Å². The number of rotatable bonds is 5. The molecule has 1 aromatic carbocycles. The van der Waals surface area contributed by atoms with Gasteiger partial charge in [0.05, 0.1) is 11.3 Å². The first-order chi connectivity index (χ1) is 10.0. The Bertz CT molecular complexity index is 642. The number of hydrogen-bond donors (Lipinski definition) is 3. The van der Waals surface area contributed by atoms with E-state index in [1.807, 2.05) is 13.8 Å². The lowest BCUT2D eigenvalue weighted by atomic mass is 10.1. The van der Waals surface area contributed by atoms with Crippen molar-refractivity contribution in [2.45, 2.75) is 26.3 Å². The second-order valence-electron chi connectivity index (χ2n) is 4.90. The summed E-state index contributed by atoms with van der Waals surface area (Å²) >= 11 is 1.71. The van der Waals surface area contributed by atoms with Gasteiger partial charge >= 0.3 is 0 Å². The standard InChI is InChI=1S/C15H18FN3OS/c1-9(8-11-7-6-10(2)21-11)18-15(20)12-4-3-5-13(16)14(12)19-17/h3-7,9,19H,8,17H2,1-2H3,(H,18,20). The lowest BCUT2D eigenvalue weighted by Crippen LogP contribution is -2.34. The summed E-state index contributed by atoms with van der Waals surface area (Å²) < 4.78 is 13.6. The van der Waals surface area contributed by atoms with Gasteiger partial charge in [0.1, 0.15) is 5.82 Å². The summed E-state index contributed by atoms with van der Waals surface area (Å²) in [5, 5.41) is 2.86. The fraction of sp³-hybridized carbons (Fsp3) is 0.267. The van der Waals surface area contributed by atoms with Gasteiger partial charge in [-0.1, -0.05) is 6.07 Å². The van der Waals surface area contributed by atoms with Crippen molar-refractivity contribution >= 4 is 22.9 Å². The van der Waals surface area contributed by atoms with E-state index in [4.69, 9.17) is 5.84 Å². The number of nitrogens with two attached hydrogens (primary N) is 1. The highest BCUT2D eigenvalue weighted by molar-refractivity contribution is 7.11. The van der Waals surface area contributed by atoms with Gasteiger partial charge < -0.3 is 10.7 Å². The van der Waals surface area contributed by atoms with Crippen molar-refractivity contribution < 1.29 is 9.18 Å². The Labute approximate surface area is 127 Å². The molecule has 0 fully saturated rings. The number of carbonyl (C=O) groups is 1. The maximum atomic E-state index is 13.6. The molecule has 2 aromatic rings. The van der Waals surface area contributed by atoms with Crippen LogP contribution in [0.2, 0.25) is 0 Å². The van der Waals surface area contributed by atoms with Gasteiger partial charge in [-0.25, -0.2) is 4.39 Å². The number of thiophene rings is 1. The summed E-state index contributed by atoms with van der Waals surface area (Å²) in [5.41, 5.74) is 2.45. The number of nitrogen functional groups attached to an aromatic ring is 1. The van der Waals surface area contributed by atoms with E-state index in [0.717, 1.165) is 6.42 Å². The van der Waals surface area contributed by atoms with E-state index < -0.39 is 5.82 Å². The minimum atomic E-state index is -0.549. The maximum absolute atomic E-state index is 13.6. The first kappa shape index (κ1) is 15.5. The Morgan fingerprint density at radius 2 is 2.14 bits per heavy atom. The van der Waals surface area contributed by atoms with E-state index in [9.17, 15) is 9.18 Å². The number of benzene rings is 1. The lowest BCUT2D eigenvalue weighted by Gasteiger charge is -2.15. The summed E-state index contributed by atoms with van der Waals surface area (Å²) in [4.78, 5) is 14.7. The number of nitrogens with one attached hydrogen (secondary N) is 2. The maximum Gasteiger partial charge on any atom is 0.253 e. The van der Waals surface area contributed by atoms with Crippen molar-refractivity contribution in [2.24, 2.45) is 5.84 Å². The van der Waals surface area contributed by atoms with E-state index in [-0.39, 0.29) is 23.2 Å². The average molecular weight is 307 g/mol. The lowest BCUT2D eigenvalue weighted by molar-refractivity contribution is 0.0940. The fourth-order valence-electron chi connectivity index (χ4n) is 2.11. The van der Waals surface area contributed by atoms with Crippen LogP contribution in [0.4, 0.5) is 10.1 Å². The SMILES string of the molecule is Cc1ccc(CC(C)NC(=O)c2cccc(F)c2NN)s1. The number of anilines is 1. The van der Waals surface area contributed by atoms with Gasteiger partial charge in [-0.2, -0.15) is 0 Å². The Kier molecular flexibility index (Phi) is 4.93. The molecule has 1 amide bonds. The number of para-hydroxylation sites is 1. The molecule has 4 N–H and O–H groups in total. The van der Waals surface area contributed by atoms with Crippen LogP contribution in [0, 0.1) is 12.7 Å². The van der Waals surface area contributed by atoms with Gasteiger partial charge in [0.15, 0.2) is 0 Å². The van der Waals surface area contributed by atoms with Crippen LogP contribution in [0.15, 0.2) is 30.3 Å². The molecule has 0 aliphatic heterocycles. The van der Waals surface area contributed by atoms with E-state index in [1.54, 1.807) is 11.3 Å². The second-order valence-corrected chi connectivity index (χ2v) is 6.27. The number of amides is 1. The van der Waals surface area contributed by atoms with Crippen LogP contribution in [0.5, 0.6) is 0 Å². The molecule has 1 aromatic heterocycles. The number of carbonyl (C=O) groups excluding carboxylic acids is 1. The molecule has 0 aliphatic carbocycles. The van der Waals surface area contributed by atoms with Crippen molar-refractivity contribution in [3.05, 3.63) is 51.5 Å². The highest BCUT2D eigenvalue weighted by Gasteiger charge is 2.16. The zero-order valence-corrected chi connectivity index (χ0v) is 12.8. The summed E-state index contributed by atoms with van der Waals surface area (Å²) in [6.45, 7) is 3.96. The molecule has 0 aliphatic rings. The molecular formula is C15H18FN3OS. The number of hydrazine groups is 1. The van der Waals surface area contributed by atoms with Crippen molar-refractivity contribution in [1.29, 1.82) is 0 Å². The van der Waals surface area contributed by atoms with Crippen LogP contribution >= 0.6 is 11.3 Å². The third-order valence-electron chi connectivity index (χ3n) is 3.08. The molecule has 0 spiro atoms. The molecule has 1 atom stereocenters. The molecular weight excluding hydrogens is 289 g/mol. The van der Waals surface area contributed by atoms with Crippen LogP contribution in [0.1, 0.15) is 27.0 Å². The third-order valence-corrected chi connectivity index (χ3v) is 4.11. The Morgan fingerprint density at radius 1 is 1.38 bits per heavy atom. The van der Waals surface area contributed by atoms with Gasteiger partial charge in [0.25, 0.3) is 5.91 Å². The van der Waals surface area contributed by atoms with Crippen molar-refractivity contribution in [3.63, 3.8) is 0 Å². The molecule has 0 saturated heterocycles. The fourth-order valence-corrected chi connectivity index (χ4v) is 3.13. The molecule has 0 saturated carbocycles. The van der Waals surface area contributed by atoms with Gasteiger partial charge in [-0.3, -0.25) is 10.6 Å². The minimum Gasteiger partial charge on any atom is -0.349 e. The smallest absolute Gasteiger partial charge is 0.253 e. The van der Waals surface area contributed by atoms with Crippen LogP contribution < -0.4 is 16.6 Å². The highest BCUT2D eigenvalue weighted by Crippen LogP contribution is 2.20. The van der Waals surface area contributed by atoms with Crippen LogP contribution in [-0.4, -0.2) is 11.9 Å². The number of halogens is 1. The zero-order valence-electron chi connectivity index (χ0n) is 11.9. The zero-order chi connectivity index (χ0) is 15.4. The van der Waals surface area contributed by atoms with E-state index >= 15 is 0 Å². The molecule has 4 nitrogen and oxygen atoms in total. The Hall–Kier alpha value is -1.92. The van der Waals surface area contributed by atoms with Gasteiger partial charge in [0, 0.05) is 22.2 Å². The van der Waals surface area contributed by atoms with Crippen LogP contribution in [0.25, 0.3) is 0 Å². The first-order valence-electron chi connectivity index (χ1n) is 6.62. The van der Waals surface area contributed by atoms with E-state index in [0.29, 0.717) is 0 Å². The summed E-state index contributed by atoms with van der Waals surface area (Å²) in [5.74, 6) is 4.38. The predicted molar refractivity (Wildman–Crippen MR) is 83.9 cm³/mol. The summed E-state index contributed by atoms with van der Waals surface area (Å²) in [6.07, 6.45) is 0.741. The van der Waals surface area contributed by atoms with Crippen LogP contribution in [0.3, 0.4) is 0 Å². The van der Waals surface area contributed by atoms with Crippen LogP contribution in [-0.2, 0) is 6.42 Å². The van der Waals surface area contributed by atoms with Crippen molar-refractivity contribution in [1.82, 2.24) is 5.32 Å². The van der Waals surface area contributed by atoms with Crippen molar-refractivity contribution in [2.75, 3.05) is 5.43 Å². The normalized spacial score (nSPS) is 12.0. The largest absolute Gasteiger partial charge is 0.349 e. The monoisotopic (exact) mass is 307 g/mol. The topological polar surface area (TPSA) is 67.2 Å². The third kappa shape index (κ3) is 3.80. The summed E-state index contributed by atoms with van der Waals surface area (Å²) in [7, 11) is 0. The first-order valence-corrected chi connectivity index (χ1v) is 7.44. The second kappa shape index (κ2) is 6.69. The van der Waals surface area contributed by atoms with E-state index in [1.165, 1.54) is 28.0 Å². The molecule has 6 heteroatoms. The van der Waals surface area contributed by atoms with Crippen molar-refractivity contribution in [3.8, 4) is 0 Å². The molecule has 2 rings (SSSR count). The summed E-state index contributed by atoms with van der Waals surface area (Å²) in [6, 6.07) is 8.33. The molecule has 1 unspecified atom stereocenters.